The van der Waals surface area contributed by atoms with Crippen molar-refractivity contribution in [2.24, 2.45) is 5.73 Å². The third-order valence-corrected chi connectivity index (χ3v) is 6.08. The summed E-state index contributed by atoms with van der Waals surface area (Å²) in [6.07, 6.45) is 1.03. The number of aromatic amines is 1. The van der Waals surface area contributed by atoms with Gasteiger partial charge in [-0.3, -0.25) is 19.2 Å². The number of rotatable bonds is 6. The summed E-state index contributed by atoms with van der Waals surface area (Å²) in [5.74, 6) is -3.10. The molecule has 0 aliphatic carbocycles. The minimum atomic E-state index is -0.883. The van der Waals surface area contributed by atoms with E-state index in [0.717, 1.165) is 10.9 Å². The van der Waals surface area contributed by atoms with Crippen LogP contribution in [-0.2, 0) is 16.0 Å². The zero-order valence-electron chi connectivity index (χ0n) is 19.4. The van der Waals surface area contributed by atoms with Crippen LogP contribution < -0.4 is 5.73 Å². The number of aromatic nitrogens is 5. The first-order chi connectivity index (χ1) is 17.8. The summed E-state index contributed by atoms with van der Waals surface area (Å²) in [7, 11) is 0. The lowest BCUT2D eigenvalue weighted by atomic mass is 10.1. The highest BCUT2D eigenvalue weighted by molar-refractivity contribution is 6.45. The molecule has 0 saturated carbocycles. The van der Waals surface area contributed by atoms with E-state index in [2.05, 4.69) is 20.4 Å². The van der Waals surface area contributed by atoms with Crippen LogP contribution in [0.2, 0.25) is 0 Å². The highest BCUT2D eigenvalue weighted by atomic mass is 19.1. The fraction of sp³-hybridized carbons (Fsp3) is 0.208. The summed E-state index contributed by atoms with van der Waals surface area (Å²) >= 11 is 0. The molecular formula is C24H21FN8O4. The Kier molecular flexibility index (Phi) is 6.17. The molecule has 1 aliphatic heterocycles. The lowest BCUT2D eigenvalue weighted by Gasteiger charge is -2.34. The number of benzene rings is 2. The van der Waals surface area contributed by atoms with Gasteiger partial charge in [0.2, 0.25) is 5.91 Å². The Balaban J connectivity index is 1.34. The lowest BCUT2D eigenvalue weighted by Crippen LogP contribution is -2.52. The number of nitrogens with two attached hydrogens (primary N) is 1. The number of tetrazole rings is 1. The molecule has 3 heterocycles. The van der Waals surface area contributed by atoms with Gasteiger partial charge in [-0.25, -0.2) is 4.39 Å². The van der Waals surface area contributed by atoms with E-state index in [-0.39, 0.29) is 66.5 Å². The molecule has 188 valence electrons. The summed E-state index contributed by atoms with van der Waals surface area (Å²) in [5, 5.41) is 11.6. The second kappa shape index (κ2) is 9.60. The smallest absolute Gasteiger partial charge is 0.295 e. The molecule has 12 nitrogen and oxygen atoms in total. The van der Waals surface area contributed by atoms with Crippen molar-refractivity contribution in [3.05, 3.63) is 71.4 Å². The van der Waals surface area contributed by atoms with Gasteiger partial charge in [0.15, 0.2) is 5.82 Å². The number of hydrogen-bond donors (Lipinski definition) is 2. The van der Waals surface area contributed by atoms with Crippen molar-refractivity contribution in [2.75, 3.05) is 26.2 Å². The van der Waals surface area contributed by atoms with Gasteiger partial charge < -0.3 is 20.5 Å². The zero-order valence-corrected chi connectivity index (χ0v) is 19.4. The first kappa shape index (κ1) is 23.8. The SMILES string of the molecule is NC(=O)Cc1nnn(-c2ccc(F)c3c(C(=O)C(=O)N4CCN(C(=O)c5ccccc5)CC4)c[nH]c23)n1. The number of halogens is 1. The number of carbonyl (C=O) groups is 4. The van der Waals surface area contributed by atoms with Crippen LogP contribution in [0.3, 0.4) is 0 Å². The number of piperazine rings is 1. The van der Waals surface area contributed by atoms with Gasteiger partial charge in [0.25, 0.3) is 17.6 Å². The highest BCUT2D eigenvalue weighted by Gasteiger charge is 2.31. The molecule has 1 saturated heterocycles. The van der Waals surface area contributed by atoms with Crippen LogP contribution in [0.15, 0.2) is 48.7 Å². The van der Waals surface area contributed by atoms with Gasteiger partial charge in [-0.05, 0) is 29.5 Å². The molecule has 0 atom stereocenters. The van der Waals surface area contributed by atoms with Crippen molar-refractivity contribution in [2.45, 2.75) is 6.42 Å². The molecule has 3 N–H and O–H groups in total. The van der Waals surface area contributed by atoms with Gasteiger partial charge in [0.1, 0.15) is 11.5 Å². The summed E-state index contributed by atoms with van der Waals surface area (Å²) in [4.78, 5) is 56.8. The minimum Gasteiger partial charge on any atom is -0.369 e. The van der Waals surface area contributed by atoms with E-state index in [1.54, 1.807) is 29.2 Å². The predicted octanol–water partition coefficient (Wildman–Crippen LogP) is 0.478. The Morgan fingerprint density at radius 3 is 2.38 bits per heavy atom. The fourth-order valence-corrected chi connectivity index (χ4v) is 4.24. The number of H-pyrrole nitrogens is 1. The van der Waals surface area contributed by atoms with Crippen LogP contribution >= 0.6 is 0 Å². The fourth-order valence-electron chi connectivity index (χ4n) is 4.24. The van der Waals surface area contributed by atoms with Gasteiger partial charge >= 0.3 is 0 Å². The van der Waals surface area contributed by atoms with Crippen molar-refractivity contribution < 1.29 is 23.6 Å². The molecule has 0 bridgehead atoms. The third-order valence-electron chi connectivity index (χ3n) is 6.08. The van der Waals surface area contributed by atoms with Crippen LogP contribution in [0, 0.1) is 5.82 Å². The Bertz CT molecular complexity index is 1520. The van der Waals surface area contributed by atoms with Crippen molar-refractivity contribution >= 4 is 34.4 Å². The predicted molar refractivity (Wildman–Crippen MR) is 127 cm³/mol. The maximum absolute atomic E-state index is 14.9. The van der Waals surface area contributed by atoms with Crippen LogP contribution in [0.4, 0.5) is 4.39 Å². The van der Waals surface area contributed by atoms with E-state index in [0.29, 0.717) is 5.56 Å². The van der Waals surface area contributed by atoms with Crippen LogP contribution in [-0.4, -0.2) is 84.7 Å². The second-order valence-electron chi connectivity index (χ2n) is 8.44. The minimum absolute atomic E-state index is 0.0768. The van der Waals surface area contributed by atoms with Gasteiger partial charge in [-0.15, -0.1) is 15.0 Å². The second-order valence-corrected chi connectivity index (χ2v) is 8.44. The number of fused-ring (bicyclic) bond motifs is 1. The maximum Gasteiger partial charge on any atom is 0.295 e. The first-order valence-electron chi connectivity index (χ1n) is 11.4. The number of ketones is 1. The standard InChI is InChI=1S/C24H21FN8O4/c25-16-6-7-17(33-29-19(28-30-33)12-18(26)34)21-20(16)15(13-27-21)22(35)24(37)32-10-8-31(9-11-32)23(36)14-4-2-1-3-5-14/h1-7,13,27H,8-12H2,(H2,26,34). The van der Waals surface area contributed by atoms with Gasteiger partial charge in [-0.2, -0.15) is 0 Å². The number of carbonyl (C=O) groups excluding carboxylic acids is 4. The molecule has 0 spiro atoms. The van der Waals surface area contributed by atoms with E-state index in [9.17, 15) is 23.6 Å². The lowest BCUT2D eigenvalue weighted by molar-refractivity contribution is -0.127. The Morgan fingerprint density at radius 2 is 1.68 bits per heavy atom. The molecule has 2 aromatic carbocycles. The van der Waals surface area contributed by atoms with Gasteiger partial charge in [0.05, 0.1) is 17.5 Å². The van der Waals surface area contributed by atoms with Crippen molar-refractivity contribution in [1.82, 2.24) is 35.0 Å². The van der Waals surface area contributed by atoms with E-state index < -0.39 is 23.4 Å². The monoisotopic (exact) mass is 504 g/mol. The van der Waals surface area contributed by atoms with E-state index >= 15 is 0 Å². The molecule has 37 heavy (non-hydrogen) atoms. The number of nitrogens with zero attached hydrogens (tertiary/aromatic N) is 6. The Labute approximate surface area is 208 Å². The summed E-state index contributed by atoms with van der Waals surface area (Å²) in [6, 6.07) is 11.3. The molecule has 1 aliphatic rings. The quantitative estimate of drug-likeness (QED) is 0.285. The van der Waals surface area contributed by atoms with E-state index in [1.807, 2.05) is 6.07 Å². The van der Waals surface area contributed by atoms with Crippen LogP contribution in [0.25, 0.3) is 16.6 Å². The molecular weight excluding hydrogens is 483 g/mol. The number of Topliss-reactive ketones (excluding diaryl/α,β-unsaturated/α-hetero) is 1. The first-order valence-corrected chi connectivity index (χ1v) is 11.4. The average molecular weight is 504 g/mol. The number of nitrogens with one attached hydrogen (secondary N) is 1. The molecule has 0 radical (unpaired) electrons. The van der Waals surface area contributed by atoms with E-state index in [1.165, 1.54) is 17.2 Å². The largest absolute Gasteiger partial charge is 0.369 e. The molecule has 4 aromatic rings. The number of hydrogen-bond acceptors (Lipinski definition) is 7. The van der Waals surface area contributed by atoms with Crippen LogP contribution in [0.5, 0.6) is 0 Å². The van der Waals surface area contributed by atoms with Gasteiger partial charge in [-0.1, -0.05) is 18.2 Å². The summed E-state index contributed by atoms with van der Waals surface area (Å²) < 4.78 is 14.9. The normalized spacial score (nSPS) is 13.6. The average Bonchev–Trinajstić information content (AvgIpc) is 3.56. The molecule has 2 aromatic heterocycles. The molecule has 3 amide bonds. The number of amides is 3. The van der Waals surface area contributed by atoms with Crippen LogP contribution in [0.1, 0.15) is 26.5 Å². The zero-order chi connectivity index (χ0) is 26.1. The summed E-state index contributed by atoms with van der Waals surface area (Å²) in [6.45, 7) is 0.880. The van der Waals surface area contributed by atoms with Crippen molar-refractivity contribution in [3.8, 4) is 5.69 Å². The molecule has 13 heteroatoms. The van der Waals surface area contributed by atoms with Gasteiger partial charge in [0, 0.05) is 43.3 Å². The number of primary amides is 1. The highest BCUT2D eigenvalue weighted by Crippen LogP contribution is 2.27. The molecule has 0 unspecified atom stereocenters. The van der Waals surface area contributed by atoms with Crippen molar-refractivity contribution in [1.29, 1.82) is 0 Å². The third kappa shape index (κ3) is 4.53. The topological polar surface area (TPSA) is 160 Å². The van der Waals surface area contributed by atoms with E-state index in [4.69, 9.17) is 5.73 Å². The Hall–Kier alpha value is -4.94. The maximum atomic E-state index is 14.9. The molecule has 5 rings (SSSR count). The molecule has 1 fully saturated rings. The Morgan fingerprint density at radius 1 is 0.973 bits per heavy atom. The van der Waals surface area contributed by atoms with Crippen molar-refractivity contribution in [3.63, 3.8) is 0 Å². The summed E-state index contributed by atoms with van der Waals surface area (Å²) in [5.41, 5.74) is 6.00.